The van der Waals surface area contributed by atoms with Crippen molar-refractivity contribution in [1.82, 2.24) is 4.98 Å². The van der Waals surface area contributed by atoms with Crippen LogP contribution in [-0.4, -0.2) is 11.1 Å². The number of nitrogens with one attached hydrogen (secondary N) is 1. The minimum atomic E-state index is -0.849. The summed E-state index contributed by atoms with van der Waals surface area (Å²) in [6.45, 7) is 0. The van der Waals surface area contributed by atoms with E-state index in [1.165, 1.54) is 12.1 Å². The molecule has 4 nitrogen and oxygen atoms in total. The van der Waals surface area contributed by atoms with Gasteiger partial charge in [0.15, 0.2) is 0 Å². The van der Waals surface area contributed by atoms with Gasteiger partial charge in [-0.3, -0.25) is 4.79 Å². The van der Waals surface area contributed by atoms with Crippen molar-refractivity contribution in [3.05, 3.63) is 75.2 Å². The van der Waals surface area contributed by atoms with Crippen LogP contribution in [-0.2, 0) is 5.54 Å². The Balaban J connectivity index is 0.00000240. The van der Waals surface area contributed by atoms with Crippen molar-refractivity contribution in [3.8, 4) is 5.75 Å². The summed E-state index contributed by atoms with van der Waals surface area (Å²) in [6.07, 6.45) is 3.67. The second kappa shape index (κ2) is 8.30. The van der Waals surface area contributed by atoms with Crippen LogP contribution in [0.15, 0.2) is 47.4 Å². The Morgan fingerprint density at radius 2 is 1.86 bits per heavy atom. The number of ether oxygens (including phenoxy) is 1. The van der Waals surface area contributed by atoms with Crippen molar-refractivity contribution < 1.29 is 13.5 Å². The average molecular weight is 441 g/mol. The summed E-state index contributed by atoms with van der Waals surface area (Å²) >= 11 is 6.29. The number of aromatic amines is 1. The van der Waals surface area contributed by atoms with Gasteiger partial charge in [-0.2, -0.15) is 0 Å². The van der Waals surface area contributed by atoms with Crippen LogP contribution in [0.4, 0.5) is 8.78 Å². The van der Waals surface area contributed by atoms with E-state index < -0.39 is 17.2 Å². The number of nitrogens with two attached hydrogens (primary N) is 1. The van der Waals surface area contributed by atoms with Gasteiger partial charge in [0.25, 0.3) is 5.56 Å². The SMILES string of the molecule is Cl.NC1(c2ccc(F)cc2F)CCC(Oc2cc3cc[nH]c(=O)c3cc2Cl)CC1. The number of halogens is 4. The maximum absolute atomic E-state index is 14.2. The molecular weight excluding hydrogens is 421 g/mol. The van der Waals surface area contributed by atoms with Crippen molar-refractivity contribution in [2.24, 2.45) is 5.73 Å². The van der Waals surface area contributed by atoms with Crippen LogP contribution in [0.1, 0.15) is 31.2 Å². The lowest BCUT2D eigenvalue weighted by Crippen LogP contribution is -2.43. The molecule has 1 aliphatic rings. The lowest BCUT2D eigenvalue weighted by Gasteiger charge is -2.37. The van der Waals surface area contributed by atoms with Gasteiger partial charge in [0.05, 0.1) is 11.1 Å². The molecule has 0 spiro atoms. The Morgan fingerprint density at radius 1 is 1.14 bits per heavy atom. The largest absolute Gasteiger partial charge is 0.489 e. The van der Waals surface area contributed by atoms with Gasteiger partial charge in [-0.15, -0.1) is 12.4 Å². The number of rotatable bonds is 3. The summed E-state index contributed by atoms with van der Waals surface area (Å²) in [5, 5.41) is 1.59. The quantitative estimate of drug-likeness (QED) is 0.597. The van der Waals surface area contributed by atoms with E-state index in [-0.39, 0.29) is 24.1 Å². The number of benzene rings is 2. The molecule has 0 amide bonds. The molecule has 3 aromatic rings. The molecule has 3 N–H and O–H groups in total. The molecule has 1 fully saturated rings. The molecule has 2 aromatic carbocycles. The van der Waals surface area contributed by atoms with Crippen LogP contribution in [0.25, 0.3) is 10.8 Å². The zero-order valence-electron chi connectivity index (χ0n) is 15.4. The third kappa shape index (κ3) is 4.25. The fourth-order valence-corrected chi connectivity index (χ4v) is 4.05. The molecule has 4 rings (SSSR count). The molecule has 1 heterocycles. The zero-order valence-corrected chi connectivity index (χ0v) is 17.0. The van der Waals surface area contributed by atoms with Crippen molar-refractivity contribution in [3.63, 3.8) is 0 Å². The van der Waals surface area contributed by atoms with Gasteiger partial charge in [0.2, 0.25) is 0 Å². The van der Waals surface area contributed by atoms with Crippen LogP contribution in [0.2, 0.25) is 5.02 Å². The first-order valence-corrected chi connectivity index (χ1v) is 9.45. The van der Waals surface area contributed by atoms with E-state index in [0.29, 0.717) is 47.4 Å². The minimum absolute atomic E-state index is 0. The fourth-order valence-electron chi connectivity index (χ4n) is 3.85. The molecule has 0 aliphatic heterocycles. The van der Waals surface area contributed by atoms with Crippen LogP contribution in [0, 0.1) is 11.6 Å². The van der Waals surface area contributed by atoms with Crippen LogP contribution in [0.3, 0.4) is 0 Å². The van der Waals surface area contributed by atoms with Crippen molar-refractivity contribution in [2.75, 3.05) is 0 Å². The predicted molar refractivity (Wildman–Crippen MR) is 112 cm³/mol. The number of fused-ring (bicyclic) bond motifs is 1. The van der Waals surface area contributed by atoms with Gasteiger partial charge in [0, 0.05) is 28.8 Å². The van der Waals surface area contributed by atoms with E-state index in [9.17, 15) is 13.6 Å². The van der Waals surface area contributed by atoms with Gasteiger partial charge in [0.1, 0.15) is 17.4 Å². The summed E-state index contributed by atoms with van der Waals surface area (Å²) in [5.41, 5.74) is 5.70. The summed E-state index contributed by atoms with van der Waals surface area (Å²) in [6, 6.07) is 8.63. The third-order valence-electron chi connectivity index (χ3n) is 5.41. The second-order valence-corrected chi connectivity index (χ2v) is 7.68. The minimum Gasteiger partial charge on any atom is -0.489 e. The number of H-pyrrole nitrogens is 1. The van der Waals surface area contributed by atoms with Crippen molar-refractivity contribution in [2.45, 2.75) is 37.3 Å². The smallest absolute Gasteiger partial charge is 0.255 e. The molecule has 0 radical (unpaired) electrons. The topological polar surface area (TPSA) is 68.1 Å². The molecular formula is C21H20Cl2F2N2O2. The normalized spacial score (nSPS) is 21.6. The van der Waals surface area contributed by atoms with Crippen molar-refractivity contribution in [1.29, 1.82) is 0 Å². The maximum Gasteiger partial charge on any atom is 0.255 e. The van der Waals surface area contributed by atoms with Gasteiger partial charge in [-0.05, 0) is 55.3 Å². The van der Waals surface area contributed by atoms with Gasteiger partial charge in [-0.25, -0.2) is 8.78 Å². The maximum atomic E-state index is 14.2. The van der Waals surface area contributed by atoms with E-state index in [2.05, 4.69) is 4.98 Å². The van der Waals surface area contributed by atoms with Crippen LogP contribution >= 0.6 is 24.0 Å². The van der Waals surface area contributed by atoms with Crippen LogP contribution < -0.4 is 16.0 Å². The number of aromatic nitrogens is 1. The summed E-state index contributed by atoms with van der Waals surface area (Å²) in [5.74, 6) is -0.737. The molecule has 8 heteroatoms. The fraction of sp³-hybridized carbons (Fsp3) is 0.286. The summed E-state index contributed by atoms with van der Waals surface area (Å²) < 4.78 is 33.4. The molecule has 1 aliphatic carbocycles. The molecule has 1 saturated carbocycles. The summed E-state index contributed by atoms with van der Waals surface area (Å²) in [4.78, 5) is 14.5. The Hall–Kier alpha value is -2.15. The Kier molecular flexibility index (Phi) is 6.17. The van der Waals surface area contributed by atoms with E-state index in [0.717, 1.165) is 11.5 Å². The Bertz CT molecular complexity index is 1100. The van der Waals surface area contributed by atoms with Gasteiger partial charge in [-0.1, -0.05) is 17.7 Å². The van der Waals surface area contributed by atoms with Gasteiger partial charge >= 0.3 is 0 Å². The highest BCUT2D eigenvalue weighted by Crippen LogP contribution is 2.39. The Labute approximate surface area is 177 Å². The van der Waals surface area contributed by atoms with E-state index >= 15 is 0 Å². The molecule has 0 unspecified atom stereocenters. The number of hydrogen-bond donors (Lipinski definition) is 2. The zero-order chi connectivity index (χ0) is 19.9. The van der Waals surface area contributed by atoms with Gasteiger partial charge < -0.3 is 15.5 Å². The Morgan fingerprint density at radius 3 is 2.55 bits per heavy atom. The first-order valence-electron chi connectivity index (χ1n) is 9.08. The molecule has 0 saturated heterocycles. The first-order chi connectivity index (χ1) is 13.4. The summed E-state index contributed by atoms with van der Waals surface area (Å²) in [7, 11) is 0. The highest BCUT2D eigenvalue weighted by molar-refractivity contribution is 6.32. The van der Waals surface area contributed by atoms with Crippen LogP contribution in [0.5, 0.6) is 5.75 Å². The lowest BCUT2D eigenvalue weighted by atomic mass is 9.76. The highest BCUT2D eigenvalue weighted by atomic mass is 35.5. The van der Waals surface area contributed by atoms with Crippen molar-refractivity contribution >= 4 is 34.8 Å². The predicted octanol–water partition coefficient (Wildman–Crippen LogP) is 5.06. The van der Waals surface area contributed by atoms with E-state index in [1.807, 2.05) is 0 Å². The van der Waals surface area contributed by atoms with E-state index in [4.69, 9.17) is 22.1 Å². The molecule has 29 heavy (non-hydrogen) atoms. The molecule has 0 atom stereocenters. The lowest BCUT2D eigenvalue weighted by molar-refractivity contribution is 0.116. The molecule has 1 aromatic heterocycles. The number of hydrogen-bond acceptors (Lipinski definition) is 3. The third-order valence-corrected chi connectivity index (χ3v) is 5.71. The standard InChI is InChI=1S/C21H19ClF2N2O2.ClH/c22-17-11-15-12(5-8-26-20(15)27)9-19(17)28-14-3-6-21(25,7-4-14)16-2-1-13(23)10-18(16)24;/h1-2,5,8-11,14H,3-4,6-7,25H2,(H,26,27);1H. The first kappa shape index (κ1) is 21.6. The molecule has 0 bridgehead atoms. The monoisotopic (exact) mass is 440 g/mol. The average Bonchev–Trinajstić information content (AvgIpc) is 2.65. The van der Waals surface area contributed by atoms with E-state index in [1.54, 1.807) is 24.4 Å². The molecule has 154 valence electrons. The highest BCUT2D eigenvalue weighted by Gasteiger charge is 2.36. The second-order valence-electron chi connectivity index (χ2n) is 7.27. The number of pyridine rings is 1.